The van der Waals surface area contributed by atoms with Crippen molar-refractivity contribution in [2.75, 3.05) is 18.5 Å². The molecule has 9 heteroatoms. The zero-order chi connectivity index (χ0) is 19.9. The maximum Gasteiger partial charge on any atom is 0.252 e. The van der Waals surface area contributed by atoms with Gasteiger partial charge in [0.25, 0.3) is 5.56 Å². The third-order valence-corrected chi connectivity index (χ3v) is 4.71. The number of aromatic nitrogens is 4. The van der Waals surface area contributed by atoms with E-state index < -0.39 is 0 Å². The molecule has 1 saturated heterocycles. The number of aryl methyl sites for hydroxylation is 2. The summed E-state index contributed by atoms with van der Waals surface area (Å²) in [5, 5.41) is 10.5. The maximum absolute atomic E-state index is 12.2. The van der Waals surface area contributed by atoms with Crippen molar-refractivity contribution in [1.29, 1.82) is 0 Å². The van der Waals surface area contributed by atoms with E-state index in [4.69, 9.17) is 4.74 Å². The van der Waals surface area contributed by atoms with Gasteiger partial charge >= 0.3 is 0 Å². The number of pyridine rings is 1. The molecule has 1 N–H and O–H groups in total. The number of anilines is 1. The quantitative estimate of drug-likeness (QED) is 0.516. The molecule has 0 radical (unpaired) electrons. The number of nitrogens with zero attached hydrogens (tertiary/aromatic N) is 4. The predicted octanol–water partition coefficient (Wildman–Crippen LogP) is 1.49. The molecule has 2 aromatic heterocycles. The Balaban J connectivity index is 1.43. The van der Waals surface area contributed by atoms with Crippen LogP contribution in [0.3, 0.4) is 0 Å². The van der Waals surface area contributed by atoms with Gasteiger partial charge in [0.1, 0.15) is 5.69 Å². The van der Waals surface area contributed by atoms with E-state index in [0.717, 1.165) is 19.3 Å². The highest BCUT2D eigenvalue weighted by molar-refractivity contribution is 5.91. The Hall–Kier alpha value is -2.81. The minimum atomic E-state index is -0.151. The van der Waals surface area contributed by atoms with Gasteiger partial charge in [-0.3, -0.25) is 19.1 Å². The minimum Gasteiger partial charge on any atom is -0.381 e. The third kappa shape index (κ3) is 5.59. The number of hydrogen-bond acceptors (Lipinski definition) is 6. The van der Waals surface area contributed by atoms with Gasteiger partial charge in [-0.25, -0.2) is 0 Å². The number of hydrogen-bond donors (Lipinski definition) is 1. The maximum atomic E-state index is 12.2. The first-order valence-corrected chi connectivity index (χ1v) is 9.50. The lowest BCUT2D eigenvalue weighted by molar-refractivity contribution is -0.117. The largest absolute Gasteiger partial charge is 0.381 e. The number of Topliss-reactive ketones (excluding diaryl/α,β-unsaturated/α-hetero) is 1. The van der Waals surface area contributed by atoms with Crippen LogP contribution in [0.25, 0.3) is 0 Å². The lowest BCUT2D eigenvalue weighted by atomic mass is 10.0. The molecule has 1 atom stereocenters. The summed E-state index contributed by atoms with van der Waals surface area (Å²) in [6.45, 7) is 3.99. The van der Waals surface area contributed by atoms with Gasteiger partial charge in [0.15, 0.2) is 5.78 Å². The standard InChI is InChI=1S/C19H25N5O4/c1-14(25)17-12-24(22-21-17)7-3-2-6-23-8-4-16(11-19(23)27)20-18(26)10-15-5-9-28-13-15/h4,8,11-12,15H,2-3,5-7,9-10,13H2,1H3,(H,20,26). The van der Waals surface area contributed by atoms with E-state index in [-0.39, 0.29) is 23.2 Å². The number of amides is 1. The van der Waals surface area contributed by atoms with Crippen LogP contribution in [0.1, 0.15) is 43.1 Å². The summed E-state index contributed by atoms with van der Waals surface area (Å²) >= 11 is 0. The van der Waals surface area contributed by atoms with Crippen LogP contribution in [0, 0.1) is 5.92 Å². The normalized spacial score (nSPS) is 16.2. The van der Waals surface area contributed by atoms with E-state index in [1.54, 1.807) is 27.7 Å². The Labute approximate surface area is 162 Å². The van der Waals surface area contributed by atoms with Gasteiger partial charge in [-0.2, -0.15) is 0 Å². The Morgan fingerprint density at radius 3 is 2.82 bits per heavy atom. The number of nitrogens with one attached hydrogen (secondary N) is 1. The van der Waals surface area contributed by atoms with Gasteiger partial charge in [0.2, 0.25) is 5.91 Å². The molecule has 1 aliphatic heterocycles. The topological polar surface area (TPSA) is 108 Å². The van der Waals surface area contributed by atoms with Crippen molar-refractivity contribution in [2.24, 2.45) is 5.92 Å². The molecule has 1 fully saturated rings. The Morgan fingerprint density at radius 1 is 1.32 bits per heavy atom. The predicted molar refractivity (Wildman–Crippen MR) is 102 cm³/mol. The van der Waals surface area contributed by atoms with E-state index in [9.17, 15) is 14.4 Å². The van der Waals surface area contributed by atoms with Crippen LogP contribution in [-0.4, -0.2) is 44.5 Å². The van der Waals surface area contributed by atoms with Gasteiger partial charge < -0.3 is 14.6 Å². The molecule has 28 heavy (non-hydrogen) atoms. The zero-order valence-corrected chi connectivity index (χ0v) is 16.0. The highest BCUT2D eigenvalue weighted by atomic mass is 16.5. The molecule has 2 aromatic rings. The zero-order valence-electron chi connectivity index (χ0n) is 16.0. The molecule has 0 bridgehead atoms. The van der Waals surface area contributed by atoms with Crippen LogP contribution < -0.4 is 10.9 Å². The molecular weight excluding hydrogens is 362 g/mol. The number of carbonyl (C=O) groups excluding carboxylic acids is 2. The summed E-state index contributed by atoms with van der Waals surface area (Å²) in [6, 6.07) is 3.18. The van der Waals surface area contributed by atoms with Crippen LogP contribution in [0.15, 0.2) is 29.3 Å². The summed E-state index contributed by atoms with van der Waals surface area (Å²) in [7, 11) is 0. The first-order chi connectivity index (χ1) is 13.5. The molecular formula is C19H25N5O4. The van der Waals surface area contributed by atoms with Crippen molar-refractivity contribution in [3.8, 4) is 0 Å². The number of unbranched alkanes of at least 4 members (excludes halogenated alkanes) is 1. The van der Waals surface area contributed by atoms with E-state index in [1.807, 2.05) is 0 Å². The van der Waals surface area contributed by atoms with Crippen molar-refractivity contribution >= 4 is 17.4 Å². The lowest BCUT2D eigenvalue weighted by Crippen LogP contribution is -2.22. The summed E-state index contributed by atoms with van der Waals surface area (Å²) < 4.78 is 8.52. The van der Waals surface area contributed by atoms with Gasteiger partial charge in [-0.1, -0.05) is 5.21 Å². The number of carbonyl (C=O) groups is 2. The summed E-state index contributed by atoms with van der Waals surface area (Å²) in [5.74, 6) is 0.0591. The molecule has 1 aliphatic rings. The van der Waals surface area contributed by atoms with Crippen LogP contribution >= 0.6 is 0 Å². The van der Waals surface area contributed by atoms with E-state index >= 15 is 0 Å². The molecule has 0 aliphatic carbocycles. The van der Waals surface area contributed by atoms with E-state index in [1.165, 1.54) is 13.0 Å². The number of ether oxygens (including phenoxy) is 1. The second-order valence-electron chi connectivity index (χ2n) is 7.06. The van der Waals surface area contributed by atoms with E-state index in [0.29, 0.717) is 44.1 Å². The van der Waals surface area contributed by atoms with Gasteiger partial charge in [-0.15, -0.1) is 5.10 Å². The molecule has 150 valence electrons. The highest BCUT2D eigenvalue weighted by Gasteiger charge is 2.19. The monoisotopic (exact) mass is 387 g/mol. The smallest absolute Gasteiger partial charge is 0.252 e. The molecule has 0 saturated carbocycles. The van der Waals surface area contributed by atoms with Crippen molar-refractivity contribution in [1.82, 2.24) is 19.6 Å². The third-order valence-electron chi connectivity index (χ3n) is 4.71. The molecule has 3 heterocycles. The molecule has 0 spiro atoms. The number of ketones is 1. The molecule has 3 rings (SSSR count). The first-order valence-electron chi connectivity index (χ1n) is 9.50. The van der Waals surface area contributed by atoms with Gasteiger partial charge in [0.05, 0.1) is 6.20 Å². The lowest BCUT2D eigenvalue weighted by Gasteiger charge is -2.10. The van der Waals surface area contributed by atoms with Crippen LogP contribution in [0.4, 0.5) is 5.69 Å². The minimum absolute atomic E-state index is 0.0922. The Bertz CT molecular complexity index is 882. The fraction of sp³-hybridized carbons (Fsp3) is 0.526. The average Bonchev–Trinajstić information content (AvgIpc) is 3.32. The molecule has 1 amide bonds. The summed E-state index contributed by atoms with van der Waals surface area (Å²) in [4.78, 5) is 35.5. The highest BCUT2D eigenvalue weighted by Crippen LogP contribution is 2.17. The van der Waals surface area contributed by atoms with Crippen molar-refractivity contribution in [2.45, 2.75) is 45.7 Å². The summed E-state index contributed by atoms with van der Waals surface area (Å²) in [5.41, 5.74) is 0.723. The summed E-state index contributed by atoms with van der Waals surface area (Å²) in [6.07, 6.45) is 6.22. The van der Waals surface area contributed by atoms with Crippen molar-refractivity contribution in [3.05, 3.63) is 40.6 Å². The average molecular weight is 387 g/mol. The van der Waals surface area contributed by atoms with Crippen molar-refractivity contribution < 1.29 is 14.3 Å². The molecule has 1 unspecified atom stereocenters. The second kappa shape index (κ2) is 9.41. The fourth-order valence-corrected chi connectivity index (χ4v) is 3.11. The second-order valence-corrected chi connectivity index (χ2v) is 7.06. The molecule has 0 aromatic carbocycles. The SMILES string of the molecule is CC(=O)c1cn(CCCCn2ccc(NC(=O)CC3CCOC3)cc2=O)nn1. The van der Waals surface area contributed by atoms with Crippen LogP contribution in [-0.2, 0) is 22.6 Å². The first kappa shape index (κ1) is 19.9. The van der Waals surface area contributed by atoms with E-state index in [2.05, 4.69) is 15.6 Å². The Morgan fingerprint density at radius 2 is 2.14 bits per heavy atom. The van der Waals surface area contributed by atoms with Crippen LogP contribution in [0.2, 0.25) is 0 Å². The van der Waals surface area contributed by atoms with Gasteiger partial charge in [-0.05, 0) is 31.2 Å². The molecule has 9 nitrogen and oxygen atoms in total. The van der Waals surface area contributed by atoms with Crippen molar-refractivity contribution in [3.63, 3.8) is 0 Å². The van der Waals surface area contributed by atoms with Crippen LogP contribution in [0.5, 0.6) is 0 Å². The number of rotatable bonds is 9. The fourth-order valence-electron chi connectivity index (χ4n) is 3.11. The van der Waals surface area contributed by atoms with Gasteiger partial charge in [0, 0.05) is 57.6 Å². The Kier molecular flexibility index (Phi) is 6.70.